The van der Waals surface area contributed by atoms with Gasteiger partial charge in [0, 0.05) is 0 Å². The van der Waals surface area contributed by atoms with E-state index in [0.29, 0.717) is 22.3 Å². The minimum Gasteiger partial charge on any atom is -0.269 e. The number of benzene rings is 4. The third kappa shape index (κ3) is 3.87. The Morgan fingerprint density at radius 2 is 1.12 bits per heavy atom. The van der Waals surface area contributed by atoms with Crippen LogP contribution >= 0.6 is 0 Å². The number of amides is 2. The van der Waals surface area contributed by atoms with Crippen LogP contribution in [-0.2, 0) is 0 Å². The minimum atomic E-state index is -1.15. The molecule has 0 aromatic heterocycles. The molecule has 1 aliphatic rings. The number of hydrogen-bond acceptors (Lipinski definition) is 2. The molecule has 1 unspecified atom stereocenters. The van der Waals surface area contributed by atoms with Crippen molar-refractivity contribution in [1.82, 2.24) is 4.90 Å². The van der Waals surface area contributed by atoms with Gasteiger partial charge < -0.3 is 0 Å². The first-order valence-electron chi connectivity index (χ1n) is 10.7. The minimum absolute atomic E-state index is 0.295. The number of hydrogen-bond donors (Lipinski definition) is 0. The average molecular weight is 433 g/mol. The van der Waals surface area contributed by atoms with Gasteiger partial charge in [0.25, 0.3) is 11.8 Å². The van der Waals surface area contributed by atoms with E-state index in [1.165, 1.54) is 6.08 Å². The van der Waals surface area contributed by atoms with Crippen LogP contribution < -0.4 is 0 Å². The number of nitrogens with zero attached hydrogens (tertiary/aromatic N) is 1. The Labute approximate surface area is 191 Å². The highest BCUT2D eigenvalue weighted by Crippen LogP contribution is 2.37. The summed E-state index contributed by atoms with van der Waals surface area (Å²) in [7, 11) is 0. The summed E-state index contributed by atoms with van der Waals surface area (Å²) < 4.78 is 15.8. The molecule has 0 saturated heterocycles. The number of carbonyl (C=O) groups is 2. The third-order valence-electron chi connectivity index (χ3n) is 5.78. The Balaban J connectivity index is 1.52. The number of carbonyl (C=O) groups excluding carboxylic acids is 2. The topological polar surface area (TPSA) is 37.4 Å². The van der Waals surface area contributed by atoms with Crippen LogP contribution in [0.3, 0.4) is 0 Å². The van der Waals surface area contributed by atoms with E-state index in [1.807, 2.05) is 60.7 Å². The summed E-state index contributed by atoms with van der Waals surface area (Å²) in [6.45, 7) is 0. The first-order valence-corrected chi connectivity index (χ1v) is 10.7. The first kappa shape index (κ1) is 20.6. The second-order valence-electron chi connectivity index (χ2n) is 7.86. The van der Waals surface area contributed by atoms with E-state index in [4.69, 9.17) is 0 Å². The van der Waals surface area contributed by atoms with Gasteiger partial charge >= 0.3 is 0 Å². The van der Waals surface area contributed by atoms with Gasteiger partial charge in [-0.2, -0.15) is 0 Å². The molecule has 0 radical (unpaired) electrons. The van der Waals surface area contributed by atoms with Crippen molar-refractivity contribution in [3.05, 3.63) is 137 Å². The fourth-order valence-electron chi connectivity index (χ4n) is 4.15. The van der Waals surface area contributed by atoms with Crippen molar-refractivity contribution in [2.45, 2.75) is 6.04 Å². The van der Waals surface area contributed by atoms with Crippen LogP contribution in [-0.4, -0.2) is 16.7 Å². The molecule has 0 N–H and O–H groups in total. The van der Waals surface area contributed by atoms with E-state index >= 15 is 4.39 Å². The van der Waals surface area contributed by atoms with Crippen LogP contribution in [0.1, 0.15) is 37.9 Å². The van der Waals surface area contributed by atoms with Gasteiger partial charge in [-0.1, -0.05) is 97.1 Å². The van der Waals surface area contributed by atoms with E-state index in [2.05, 4.69) is 0 Å². The van der Waals surface area contributed by atoms with Crippen molar-refractivity contribution in [1.29, 1.82) is 0 Å². The zero-order chi connectivity index (χ0) is 22.8. The van der Waals surface area contributed by atoms with Crippen molar-refractivity contribution in [3.63, 3.8) is 0 Å². The lowest BCUT2D eigenvalue weighted by atomic mass is 10.0. The molecular weight excluding hydrogens is 413 g/mol. The molecule has 0 fully saturated rings. The molecule has 1 atom stereocenters. The number of rotatable bonds is 5. The SMILES string of the molecule is O=C1c2ccccc2C(=O)N1C(/C(F)=C/c1ccc(-c2ccccc2)cc1)c1ccccc1. The molecule has 4 aromatic carbocycles. The zero-order valence-electron chi connectivity index (χ0n) is 17.7. The van der Waals surface area contributed by atoms with Crippen LogP contribution in [0.2, 0.25) is 0 Å². The highest BCUT2D eigenvalue weighted by Gasteiger charge is 2.42. The standard InChI is InChI=1S/C29H20FNO2/c30-26(19-20-15-17-22(18-16-20)21-9-3-1-4-10-21)27(23-11-5-2-6-12-23)31-28(32)24-13-7-8-14-25(24)29(31)33/h1-19,27H/b26-19-. The molecule has 1 heterocycles. The van der Waals surface area contributed by atoms with E-state index in [-0.39, 0.29) is 0 Å². The van der Waals surface area contributed by atoms with Crippen LogP contribution in [0.15, 0.2) is 115 Å². The molecule has 0 spiro atoms. The fourth-order valence-corrected chi connectivity index (χ4v) is 4.15. The maximum absolute atomic E-state index is 15.8. The average Bonchev–Trinajstić information content (AvgIpc) is 3.11. The Morgan fingerprint density at radius 3 is 1.70 bits per heavy atom. The smallest absolute Gasteiger partial charge is 0.262 e. The summed E-state index contributed by atoms with van der Waals surface area (Å²) in [6.07, 6.45) is 1.38. The number of fused-ring (bicyclic) bond motifs is 1. The molecule has 0 saturated carbocycles. The molecule has 0 bridgehead atoms. The van der Waals surface area contributed by atoms with Crippen molar-refractivity contribution in [3.8, 4) is 11.1 Å². The van der Waals surface area contributed by atoms with Gasteiger partial charge in [-0.3, -0.25) is 14.5 Å². The van der Waals surface area contributed by atoms with Crippen LogP contribution in [0.25, 0.3) is 17.2 Å². The molecule has 5 rings (SSSR count). The van der Waals surface area contributed by atoms with Crippen LogP contribution in [0, 0.1) is 0 Å². The molecule has 4 heteroatoms. The Morgan fingerprint density at radius 1 is 0.636 bits per heavy atom. The van der Waals surface area contributed by atoms with E-state index in [0.717, 1.165) is 16.0 Å². The second-order valence-corrected chi connectivity index (χ2v) is 7.86. The van der Waals surface area contributed by atoms with E-state index in [1.54, 1.807) is 48.5 Å². The summed E-state index contributed by atoms with van der Waals surface area (Å²) in [6, 6.07) is 31.7. The molecule has 1 aliphatic heterocycles. The number of halogens is 1. The van der Waals surface area contributed by atoms with Crippen molar-refractivity contribution in [2.24, 2.45) is 0 Å². The van der Waals surface area contributed by atoms with Crippen molar-refractivity contribution in [2.75, 3.05) is 0 Å². The van der Waals surface area contributed by atoms with Gasteiger partial charge in [0.15, 0.2) is 0 Å². The number of imide groups is 1. The van der Waals surface area contributed by atoms with Crippen molar-refractivity contribution < 1.29 is 14.0 Å². The quantitative estimate of drug-likeness (QED) is 0.328. The van der Waals surface area contributed by atoms with Gasteiger partial charge in [0.2, 0.25) is 0 Å². The lowest BCUT2D eigenvalue weighted by Gasteiger charge is -2.25. The lowest BCUT2D eigenvalue weighted by Crippen LogP contribution is -2.34. The predicted octanol–water partition coefficient (Wildman–Crippen LogP) is 6.70. The van der Waals surface area contributed by atoms with E-state index in [9.17, 15) is 9.59 Å². The van der Waals surface area contributed by atoms with Crippen molar-refractivity contribution >= 4 is 17.9 Å². The Bertz CT molecular complexity index is 1310. The molecule has 0 aliphatic carbocycles. The summed E-state index contributed by atoms with van der Waals surface area (Å²) >= 11 is 0. The molecular formula is C29H20FNO2. The predicted molar refractivity (Wildman–Crippen MR) is 127 cm³/mol. The maximum Gasteiger partial charge on any atom is 0.262 e. The largest absolute Gasteiger partial charge is 0.269 e. The Kier molecular flexibility index (Phi) is 5.41. The highest BCUT2D eigenvalue weighted by atomic mass is 19.1. The first-order chi connectivity index (χ1) is 16.1. The maximum atomic E-state index is 15.8. The molecule has 4 aromatic rings. The van der Waals surface area contributed by atoms with Crippen LogP contribution in [0.5, 0.6) is 0 Å². The Hall–Kier alpha value is -4.31. The molecule has 3 nitrogen and oxygen atoms in total. The van der Waals surface area contributed by atoms with Gasteiger partial charge in [-0.25, -0.2) is 4.39 Å². The normalized spacial score (nSPS) is 14.3. The van der Waals surface area contributed by atoms with E-state index < -0.39 is 23.7 Å². The summed E-state index contributed by atoms with van der Waals surface area (Å²) in [5.74, 6) is -1.57. The highest BCUT2D eigenvalue weighted by molar-refractivity contribution is 6.21. The summed E-state index contributed by atoms with van der Waals surface area (Å²) in [4.78, 5) is 27.2. The van der Waals surface area contributed by atoms with Gasteiger partial charge in [-0.15, -0.1) is 0 Å². The molecule has 33 heavy (non-hydrogen) atoms. The second kappa shape index (κ2) is 8.67. The van der Waals surface area contributed by atoms with Gasteiger partial charge in [0.1, 0.15) is 11.9 Å². The monoisotopic (exact) mass is 433 g/mol. The zero-order valence-corrected chi connectivity index (χ0v) is 17.7. The van der Waals surface area contributed by atoms with Crippen LogP contribution in [0.4, 0.5) is 4.39 Å². The summed E-state index contributed by atoms with van der Waals surface area (Å²) in [5, 5.41) is 0. The molecule has 2 amide bonds. The fraction of sp³-hybridized carbons (Fsp3) is 0.0345. The molecule has 160 valence electrons. The lowest BCUT2D eigenvalue weighted by molar-refractivity contribution is 0.0591. The third-order valence-corrected chi connectivity index (χ3v) is 5.78. The van der Waals surface area contributed by atoms with Gasteiger partial charge in [-0.05, 0) is 40.5 Å². The van der Waals surface area contributed by atoms with Gasteiger partial charge in [0.05, 0.1) is 11.1 Å². The summed E-state index contributed by atoms with van der Waals surface area (Å²) in [5.41, 5.74) is 3.85.